The maximum absolute atomic E-state index is 14.1. The molecule has 2 bridgehead atoms. The van der Waals surface area contributed by atoms with Crippen LogP contribution in [0.5, 0.6) is 0 Å². The molecular formula is C29H35FN2O5. The smallest absolute Gasteiger partial charge is 0.328 e. The van der Waals surface area contributed by atoms with Crippen LogP contribution >= 0.6 is 0 Å². The molecule has 0 radical (unpaired) electrons. The highest BCUT2D eigenvalue weighted by atomic mass is 19.1. The maximum Gasteiger partial charge on any atom is 0.328 e. The molecule has 7 nitrogen and oxygen atoms in total. The van der Waals surface area contributed by atoms with Crippen molar-refractivity contribution in [1.82, 2.24) is 10.3 Å². The minimum atomic E-state index is -1.05. The molecule has 5 unspecified atom stereocenters. The van der Waals surface area contributed by atoms with Crippen LogP contribution in [0.2, 0.25) is 0 Å². The van der Waals surface area contributed by atoms with Gasteiger partial charge < -0.3 is 19.6 Å². The monoisotopic (exact) mass is 510 g/mol. The molecule has 2 aliphatic heterocycles. The highest BCUT2D eigenvalue weighted by molar-refractivity contribution is 5.92. The van der Waals surface area contributed by atoms with Crippen LogP contribution in [-0.4, -0.2) is 40.7 Å². The van der Waals surface area contributed by atoms with Crippen molar-refractivity contribution in [2.75, 3.05) is 6.54 Å². The third kappa shape index (κ3) is 4.96. The van der Waals surface area contributed by atoms with Gasteiger partial charge in [0.05, 0.1) is 17.6 Å². The number of carboxylic acids is 1. The Hall–Kier alpha value is -3.00. The standard InChI is InChI=1S/C29H35FN2O5/c1-2-3-4-5-6-7-14-31-27(35)22-17-36-28(32-22)29-21(26(29)23-11-12-24(29)37-23)16-19-15-20(30)10-8-18(19)9-13-25(33)34/h8-10,13,15,17,21,23-24,26H,2-7,11-12,14,16H2,1H3,(H,31,35)(H,33,34)/b13-9+. The number of oxazole rings is 1. The Morgan fingerprint density at radius 2 is 2.03 bits per heavy atom. The van der Waals surface area contributed by atoms with Crippen molar-refractivity contribution in [1.29, 1.82) is 0 Å². The van der Waals surface area contributed by atoms with E-state index in [1.165, 1.54) is 50.2 Å². The molecule has 2 aromatic rings. The fourth-order valence-electron chi connectivity index (χ4n) is 6.63. The maximum atomic E-state index is 14.1. The number of benzene rings is 1. The second-order valence-electron chi connectivity index (χ2n) is 10.6. The lowest BCUT2D eigenvalue weighted by atomic mass is 9.86. The molecule has 3 heterocycles. The fraction of sp³-hybridized carbons (Fsp3) is 0.552. The Morgan fingerprint density at radius 3 is 2.84 bits per heavy atom. The molecule has 1 saturated carbocycles. The summed E-state index contributed by atoms with van der Waals surface area (Å²) in [7, 11) is 0. The minimum absolute atomic E-state index is 0.0447. The Morgan fingerprint density at radius 1 is 1.22 bits per heavy atom. The molecule has 5 rings (SSSR count). The third-order valence-electron chi connectivity index (χ3n) is 8.35. The Kier molecular flexibility index (Phi) is 7.47. The number of unbranched alkanes of at least 4 members (excludes halogenated alkanes) is 5. The van der Waals surface area contributed by atoms with E-state index in [1.807, 2.05) is 0 Å². The van der Waals surface area contributed by atoms with Crippen molar-refractivity contribution in [2.24, 2.45) is 11.8 Å². The van der Waals surface area contributed by atoms with Gasteiger partial charge in [0, 0.05) is 18.5 Å². The van der Waals surface area contributed by atoms with Gasteiger partial charge in [0.1, 0.15) is 12.1 Å². The largest absolute Gasteiger partial charge is 0.478 e. The van der Waals surface area contributed by atoms with E-state index in [-0.39, 0.29) is 41.5 Å². The van der Waals surface area contributed by atoms with E-state index >= 15 is 0 Å². The van der Waals surface area contributed by atoms with Gasteiger partial charge >= 0.3 is 5.97 Å². The normalized spacial score (nSPS) is 27.5. The van der Waals surface area contributed by atoms with Crippen LogP contribution in [0.3, 0.4) is 0 Å². The number of hydrogen-bond donors (Lipinski definition) is 2. The molecule has 2 saturated heterocycles. The van der Waals surface area contributed by atoms with Gasteiger partial charge in [-0.15, -0.1) is 0 Å². The number of aliphatic carboxylic acids is 1. The van der Waals surface area contributed by atoms with Gasteiger partial charge in [0.25, 0.3) is 5.91 Å². The molecule has 3 fully saturated rings. The zero-order valence-electron chi connectivity index (χ0n) is 21.2. The number of amides is 1. The quantitative estimate of drug-likeness (QED) is 0.281. The van der Waals surface area contributed by atoms with Crippen molar-refractivity contribution in [3.05, 3.63) is 59.1 Å². The summed E-state index contributed by atoms with van der Waals surface area (Å²) >= 11 is 0. The van der Waals surface area contributed by atoms with E-state index in [1.54, 1.807) is 6.07 Å². The van der Waals surface area contributed by atoms with E-state index in [0.29, 0.717) is 24.4 Å². The number of nitrogens with one attached hydrogen (secondary N) is 1. The molecule has 198 valence electrons. The molecule has 2 N–H and O–H groups in total. The van der Waals surface area contributed by atoms with E-state index in [0.717, 1.165) is 37.3 Å². The summed E-state index contributed by atoms with van der Waals surface area (Å²) in [6.45, 7) is 2.81. The number of nitrogens with zero attached hydrogens (tertiary/aromatic N) is 1. The lowest BCUT2D eigenvalue weighted by molar-refractivity contribution is -0.131. The van der Waals surface area contributed by atoms with Gasteiger partial charge in [-0.25, -0.2) is 14.2 Å². The second kappa shape index (κ2) is 10.8. The molecule has 8 heteroatoms. The molecule has 1 aromatic carbocycles. The highest BCUT2D eigenvalue weighted by Crippen LogP contribution is 2.73. The van der Waals surface area contributed by atoms with E-state index in [9.17, 15) is 14.0 Å². The number of rotatable bonds is 13. The Balaban J connectivity index is 1.28. The van der Waals surface area contributed by atoms with Crippen LogP contribution in [0.1, 0.15) is 85.8 Å². The molecule has 37 heavy (non-hydrogen) atoms. The molecule has 5 atom stereocenters. The average molecular weight is 511 g/mol. The highest BCUT2D eigenvalue weighted by Gasteiger charge is 2.80. The molecule has 0 spiro atoms. The summed E-state index contributed by atoms with van der Waals surface area (Å²) in [5.74, 6) is -0.813. The average Bonchev–Trinajstić information content (AvgIpc) is 3.31. The van der Waals surface area contributed by atoms with Gasteiger partial charge in [0.2, 0.25) is 5.89 Å². The lowest BCUT2D eigenvalue weighted by Crippen LogP contribution is -2.28. The molecule has 1 aliphatic carbocycles. The van der Waals surface area contributed by atoms with Crippen molar-refractivity contribution in [3.63, 3.8) is 0 Å². The SMILES string of the molecule is CCCCCCCCNC(=O)c1coc(C23C4CCC(O4)C2C3Cc2cc(F)ccc2/C=C/C(=O)O)n1. The van der Waals surface area contributed by atoms with Crippen molar-refractivity contribution < 1.29 is 28.2 Å². The molecule has 1 aromatic heterocycles. The summed E-state index contributed by atoms with van der Waals surface area (Å²) < 4.78 is 26.3. The first-order valence-electron chi connectivity index (χ1n) is 13.5. The van der Waals surface area contributed by atoms with Gasteiger partial charge in [-0.1, -0.05) is 45.1 Å². The predicted octanol–water partition coefficient (Wildman–Crippen LogP) is 5.29. The summed E-state index contributed by atoms with van der Waals surface area (Å²) in [5, 5.41) is 12.0. The van der Waals surface area contributed by atoms with Crippen LogP contribution in [0.4, 0.5) is 4.39 Å². The first-order chi connectivity index (χ1) is 17.9. The number of halogens is 1. The zero-order chi connectivity index (χ0) is 26.0. The number of carbonyl (C=O) groups is 2. The molecular weight excluding hydrogens is 475 g/mol. The summed E-state index contributed by atoms with van der Waals surface area (Å²) in [4.78, 5) is 28.4. The van der Waals surface area contributed by atoms with E-state index in [2.05, 4.69) is 17.2 Å². The molecule has 3 aliphatic rings. The second-order valence-corrected chi connectivity index (χ2v) is 10.6. The number of carbonyl (C=O) groups excluding carboxylic acids is 1. The number of ether oxygens (including phenoxy) is 1. The van der Waals surface area contributed by atoms with Gasteiger partial charge in [-0.3, -0.25) is 4.79 Å². The predicted molar refractivity (Wildman–Crippen MR) is 136 cm³/mol. The van der Waals surface area contributed by atoms with Crippen molar-refractivity contribution in [3.8, 4) is 0 Å². The summed E-state index contributed by atoms with van der Waals surface area (Å²) in [6, 6.07) is 4.42. The van der Waals surface area contributed by atoms with Gasteiger partial charge in [-0.05, 0) is 60.9 Å². The van der Waals surface area contributed by atoms with Gasteiger partial charge in [0.15, 0.2) is 5.69 Å². The molecule has 1 amide bonds. The minimum Gasteiger partial charge on any atom is -0.478 e. The number of fused-ring (bicyclic) bond motifs is 5. The first kappa shape index (κ1) is 25.6. The van der Waals surface area contributed by atoms with Crippen LogP contribution in [0, 0.1) is 17.7 Å². The number of aromatic nitrogens is 1. The van der Waals surface area contributed by atoms with Gasteiger partial charge in [-0.2, -0.15) is 0 Å². The van der Waals surface area contributed by atoms with Crippen LogP contribution in [0.15, 0.2) is 35.0 Å². The summed E-state index contributed by atoms with van der Waals surface area (Å²) in [6.07, 6.45) is 13.4. The zero-order valence-corrected chi connectivity index (χ0v) is 21.2. The topological polar surface area (TPSA) is 102 Å². The number of hydrogen-bond acceptors (Lipinski definition) is 5. The third-order valence-corrected chi connectivity index (χ3v) is 8.35. The van der Waals surface area contributed by atoms with Crippen LogP contribution < -0.4 is 5.32 Å². The first-order valence-corrected chi connectivity index (χ1v) is 13.5. The Labute approximate surface area is 216 Å². The lowest BCUT2D eigenvalue weighted by Gasteiger charge is -2.19. The van der Waals surface area contributed by atoms with Crippen LogP contribution in [0.25, 0.3) is 6.08 Å². The number of carboxylic acid groups (broad SMARTS) is 1. The summed E-state index contributed by atoms with van der Waals surface area (Å²) in [5.41, 5.74) is 1.28. The van der Waals surface area contributed by atoms with E-state index in [4.69, 9.17) is 14.3 Å². The van der Waals surface area contributed by atoms with Crippen molar-refractivity contribution >= 4 is 18.0 Å². The van der Waals surface area contributed by atoms with E-state index < -0.39 is 11.4 Å². The van der Waals surface area contributed by atoms with Crippen molar-refractivity contribution in [2.45, 2.75) is 82.3 Å². The van der Waals surface area contributed by atoms with Crippen LogP contribution in [-0.2, 0) is 21.4 Å². The Bertz CT molecular complexity index is 1180. The fourth-order valence-corrected chi connectivity index (χ4v) is 6.63.